The number of benzene rings is 2. The van der Waals surface area contributed by atoms with Crippen molar-refractivity contribution in [1.29, 1.82) is 0 Å². The van der Waals surface area contributed by atoms with Gasteiger partial charge < -0.3 is 18.7 Å². The smallest absolute Gasteiger partial charge is 0.305 e. The molecule has 1 aliphatic heterocycles. The van der Waals surface area contributed by atoms with Crippen molar-refractivity contribution in [2.45, 2.75) is 46.3 Å². The Morgan fingerprint density at radius 3 is 2.80 bits per heavy atom. The summed E-state index contributed by atoms with van der Waals surface area (Å²) in [6.07, 6.45) is 1.21. The monoisotopic (exact) mass is 499 g/mol. The average molecular weight is 500 g/mol. The molecular weight excluding hydrogens is 470 g/mol. The molecule has 186 valence electrons. The second kappa shape index (κ2) is 11.6. The molecule has 0 saturated carbocycles. The normalized spacial score (nSPS) is 13.7. The van der Waals surface area contributed by atoms with Crippen molar-refractivity contribution >= 4 is 17.6 Å². The molecule has 1 aromatic heterocycles. The van der Waals surface area contributed by atoms with Gasteiger partial charge in [0.25, 0.3) is 5.89 Å². The molecule has 2 aromatic carbocycles. The molecule has 0 radical (unpaired) electrons. The summed E-state index contributed by atoms with van der Waals surface area (Å²) in [7, 11) is 0. The lowest BCUT2D eigenvalue weighted by atomic mass is 10.1. The fourth-order valence-electron chi connectivity index (χ4n) is 3.88. The number of fused-ring (bicyclic) bond motifs is 1. The Hall–Kier alpha value is -3.10. The highest BCUT2D eigenvalue weighted by atomic mass is 35.5. The van der Waals surface area contributed by atoms with E-state index in [2.05, 4.69) is 15.0 Å². The van der Waals surface area contributed by atoms with Crippen LogP contribution in [0.2, 0.25) is 5.02 Å². The van der Waals surface area contributed by atoms with Gasteiger partial charge in [-0.25, -0.2) is 0 Å². The highest BCUT2D eigenvalue weighted by Crippen LogP contribution is 2.33. The number of hydrogen-bond acceptors (Lipinski definition) is 8. The van der Waals surface area contributed by atoms with E-state index in [1.54, 1.807) is 12.1 Å². The van der Waals surface area contributed by atoms with E-state index in [1.165, 1.54) is 0 Å². The molecule has 0 saturated heterocycles. The highest BCUT2D eigenvalue weighted by Gasteiger charge is 2.19. The van der Waals surface area contributed by atoms with Gasteiger partial charge in [0.2, 0.25) is 5.82 Å². The summed E-state index contributed by atoms with van der Waals surface area (Å²) in [5.41, 5.74) is 2.60. The van der Waals surface area contributed by atoms with E-state index in [-0.39, 0.29) is 12.1 Å². The second-order valence-electron chi connectivity index (χ2n) is 8.59. The van der Waals surface area contributed by atoms with E-state index in [0.29, 0.717) is 47.7 Å². The van der Waals surface area contributed by atoms with Gasteiger partial charge in [0.1, 0.15) is 18.1 Å². The third kappa shape index (κ3) is 6.52. The Balaban J connectivity index is 1.43. The van der Waals surface area contributed by atoms with E-state index >= 15 is 0 Å². The summed E-state index contributed by atoms with van der Waals surface area (Å²) in [4.78, 5) is 18.4. The van der Waals surface area contributed by atoms with Crippen LogP contribution in [0.15, 0.2) is 40.9 Å². The van der Waals surface area contributed by atoms with Crippen molar-refractivity contribution in [1.82, 2.24) is 15.0 Å². The molecule has 2 heterocycles. The first kappa shape index (κ1) is 25.0. The fourth-order valence-corrected chi connectivity index (χ4v) is 4.10. The lowest BCUT2D eigenvalue weighted by molar-refractivity contribution is -0.143. The topological polar surface area (TPSA) is 86.9 Å². The van der Waals surface area contributed by atoms with Crippen molar-refractivity contribution in [3.05, 3.63) is 47.0 Å². The van der Waals surface area contributed by atoms with E-state index in [1.807, 2.05) is 45.0 Å². The molecule has 0 amide bonds. The van der Waals surface area contributed by atoms with Crippen LogP contribution < -0.4 is 9.47 Å². The Kier molecular flexibility index (Phi) is 8.25. The second-order valence-corrected chi connectivity index (χ2v) is 9.00. The Labute approximate surface area is 210 Å². The number of carbonyl (C=O) groups is 1. The SMILES string of the molecule is CCOC(=O)CCCN1CCOc2cc(-c3noc(-c4ccc(OC(C)C)c(Cl)c4)n3)ccc2C1. The van der Waals surface area contributed by atoms with Crippen molar-refractivity contribution in [2.24, 2.45) is 0 Å². The van der Waals surface area contributed by atoms with Gasteiger partial charge in [-0.1, -0.05) is 28.9 Å². The quantitative estimate of drug-likeness (QED) is 0.362. The molecule has 9 heteroatoms. The third-order valence-electron chi connectivity index (χ3n) is 5.51. The summed E-state index contributed by atoms with van der Waals surface area (Å²) in [5, 5.41) is 4.64. The lowest BCUT2D eigenvalue weighted by Crippen LogP contribution is -2.27. The molecule has 0 bridgehead atoms. The minimum Gasteiger partial charge on any atom is -0.492 e. The molecule has 0 unspecified atom stereocenters. The van der Waals surface area contributed by atoms with Crippen LogP contribution in [-0.4, -0.2) is 53.4 Å². The molecule has 35 heavy (non-hydrogen) atoms. The lowest BCUT2D eigenvalue weighted by Gasteiger charge is -2.18. The van der Waals surface area contributed by atoms with Gasteiger partial charge in [-0.2, -0.15) is 4.98 Å². The number of carbonyl (C=O) groups excluding carboxylic acids is 1. The number of esters is 1. The van der Waals surface area contributed by atoms with Crippen LogP contribution >= 0.6 is 11.6 Å². The molecular formula is C26H30ClN3O5. The molecule has 8 nitrogen and oxygen atoms in total. The average Bonchev–Trinajstić information content (AvgIpc) is 3.22. The van der Waals surface area contributed by atoms with E-state index in [9.17, 15) is 4.79 Å². The predicted molar refractivity (Wildman–Crippen MR) is 133 cm³/mol. The van der Waals surface area contributed by atoms with Gasteiger partial charge in [-0.15, -0.1) is 0 Å². The van der Waals surface area contributed by atoms with Crippen LogP contribution in [0.4, 0.5) is 0 Å². The van der Waals surface area contributed by atoms with Gasteiger partial charge in [0, 0.05) is 36.2 Å². The van der Waals surface area contributed by atoms with Crippen LogP contribution in [0.3, 0.4) is 0 Å². The van der Waals surface area contributed by atoms with Crippen molar-refractivity contribution in [3.63, 3.8) is 0 Å². The molecule has 0 spiro atoms. The first-order valence-electron chi connectivity index (χ1n) is 11.9. The largest absolute Gasteiger partial charge is 0.492 e. The number of aromatic nitrogens is 2. The predicted octanol–water partition coefficient (Wildman–Crippen LogP) is 5.38. The van der Waals surface area contributed by atoms with E-state index < -0.39 is 0 Å². The van der Waals surface area contributed by atoms with Crippen LogP contribution in [0.1, 0.15) is 39.2 Å². The first-order valence-corrected chi connectivity index (χ1v) is 12.2. The van der Waals surface area contributed by atoms with Crippen LogP contribution in [0, 0.1) is 0 Å². The standard InChI is InChI=1S/C26H30ClN3O5/c1-4-32-24(31)6-5-11-30-12-13-33-23-15-18(7-8-20(23)16-30)25-28-26(35-29-25)19-9-10-22(21(27)14-19)34-17(2)3/h7-10,14-15,17H,4-6,11-13,16H2,1-3H3. The Bertz CT molecular complexity index is 1160. The highest BCUT2D eigenvalue weighted by molar-refractivity contribution is 6.32. The number of hydrogen-bond donors (Lipinski definition) is 0. The maximum atomic E-state index is 11.6. The summed E-state index contributed by atoms with van der Waals surface area (Å²) >= 11 is 6.36. The maximum Gasteiger partial charge on any atom is 0.305 e. The summed E-state index contributed by atoms with van der Waals surface area (Å²) in [5.74, 6) is 2.12. The zero-order valence-electron chi connectivity index (χ0n) is 20.3. The third-order valence-corrected chi connectivity index (χ3v) is 5.81. The van der Waals surface area contributed by atoms with Gasteiger partial charge in [0.15, 0.2) is 0 Å². The fraction of sp³-hybridized carbons (Fsp3) is 0.423. The van der Waals surface area contributed by atoms with E-state index in [4.69, 9.17) is 30.3 Å². The molecule has 3 aromatic rings. The van der Waals surface area contributed by atoms with Crippen LogP contribution in [-0.2, 0) is 16.1 Å². The molecule has 1 aliphatic rings. The molecule has 0 fully saturated rings. The van der Waals surface area contributed by atoms with Gasteiger partial charge in [-0.3, -0.25) is 9.69 Å². The molecule has 4 rings (SSSR count). The Morgan fingerprint density at radius 2 is 2.03 bits per heavy atom. The summed E-state index contributed by atoms with van der Waals surface area (Å²) in [6.45, 7) is 9.04. The zero-order chi connectivity index (χ0) is 24.8. The van der Waals surface area contributed by atoms with Crippen molar-refractivity contribution in [3.8, 4) is 34.3 Å². The molecule has 0 N–H and O–H groups in total. The number of nitrogens with zero attached hydrogens (tertiary/aromatic N) is 3. The van der Waals surface area contributed by atoms with Crippen molar-refractivity contribution < 1.29 is 23.5 Å². The molecule has 0 atom stereocenters. The summed E-state index contributed by atoms with van der Waals surface area (Å²) in [6, 6.07) is 11.3. The number of rotatable bonds is 9. The minimum atomic E-state index is -0.148. The molecule has 0 aliphatic carbocycles. The van der Waals surface area contributed by atoms with Gasteiger partial charge in [0.05, 0.1) is 17.7 Å². The van der Waals surface area contributed by atoms with Gasteiger partial charge >= 0.3 is 5.97 Å². The van der Waals surface area contributed by atoms with Crippen LogP contribution in [0.25, 0.3) is 22.8 Å². The summed E-state index contributed by atoms with van der Waals surface area (Å²) < 4.78 is 22.2. The Morgan fingerprint density at radius 1 is 1.20 bits per heavy atom. The zero-order valence-corrected chi connectivity index (χ0v) is 21.0. The van der Waals surface area contributed by atoms with E-state index in [0.717, 1.165) is 42.9 Å². The van der Waals surface area contributed by atoms with Crippen molar-refractivity contribution in [2.75, 3.05) is 26.3 Å². The first-order chi connectivity index (χ1) is 16.9. The van der Waals surface area contributed by atoms with Gasteiger partial charge in [-0.05, 0) is 58.0 Å². The minimum absolute atomic E-state index is 0.0282. The van der Waals surface area contributed by atoms with Crippen LogP contribution in [0.5, 0.6) is 11.5 Å². The number of halogens is 1. The maximum absolute atomic E-state index is 11.6. The number of ether oxygens (including phenoxy) is 3.